The Balaban J connectivity index is 0.00000225. The Hall–Kier alpha value is -0.860. The molecule has 0 radical (unpaired) electrons. The van der Waals surface area contributed by atoms with E-state index in [1.165, 1.54) is 0 Å². The van der Waals surface area contributed by atoms with Gasteiger partial charge in [0.2, 0.25) is 11.5 Å². The summed E-state index contributed by atoms with van der Waals surface area (Å²) in [7, 11) is 8.84. The quantitative estimate of drug-likeness (QED) is 0.777. The highest BCUT2D eigenvalue weighted by molar-refractivity contribution is 7.27. The lowest BCUT2D eigenvalue weighted by atomic mass is 10.2. The molecule has 0 aromatic heterocycles. The third-order valence-corrected chi connectivity index (χ3v) is 2.45. The van der Waals surface area contributed by atoms with E-state index in [1.807, 2.05) is 6.07 Å². The second-order valence-corrected chi connectivity index (χ2v) is 3.39. The van der Waals surface area contributed by atoms with Crippen LogP contribution in [0.2, 0.25) is 0 Å². The zero-order valence-electron chi connectivity index (χ0n) is 9.70. The van der Waals surface area contributed by atoms with Gasteiger partial charge in [-0.1, -0.05) is 0 Å². The maximum absolute atomic E-state index is 5.24. The predicted octanol–water partition coefficient (Wildman–Crippen LogP) is 1.64. The predicted molar refractivity (Wildman–Crippen MR) is 69.2 cm³/mol. The fraction of sp³-hybridized carbons (Fsp3) is 0.400. The van der Waals surface area contributed by atoms with Gasteiger partial charge in [0, 0.05) is 5.30 Å². The summed E-state index contributed by atoms with van der Waals surface area (Å²) < 4.78 is 20.9. The maximum atomic E-state index is 5.24. The Morgan fingerprint density at radius 1 is 0.812 bits per heavy atom. The van der Waals surface area contributed by atoms with Crippen LogP contribution in [0.5, 0.6) is 23.0 Å². The van der Waals surface area contributed by atoms with E-state index >= 15 is 0 Å². The van der Waals surface area contributed by atoms with Gasteiger partial charge in [-0.15, -0.1) is 21.6 Å². The molecule has 0 N–H and O–H groups in total. The molecule has 4 nitrogen and oxygen atoms in total. The SMILES string of the molecule is COc1cc(P)c(OC)c(OC)c1OC.Cl. The molecule has 1 aromatic carbocycles. The summed E-state index contributed by atoms with van der Waals surface area (Å²) in [6, 6.07) is 1.81. The lowest BCUT2D eigenvalue weighted by Gasteiger charge is -2.16. The summed E-state index contributed by atoms with van der Waals surface area (Å²) in [6.07, 6.45) is 0. The Labute approximate surface area is 104 Å². The van der Waals surface area contributed by atoms with Crippen LogP contribution in [0.25, 0.3) is 0 Å². The van der Waals surface area contributed by atoms with Crippen LogP contribution in [0.4, 0.5) is 0 Å². The summed E-state index contributed by atoms with van der Waals surface area (Å²) >= 11 is 0. The maximum Gasteiger partial charge on any atom is 0.207 e. The number of hydrogen-bond acceptors (Lipinski definition) is 4. The van der Waals surface area contributed by atoms with E-state index in [2.05, 4.69) is 9.24 Å². The van der Waals surface area contributed by atoms with Crippen molar-refractivity contribution in [3.05, 3.63) is 6.07 Å². The number of ether oxygens (including phenoxy) is 4. The van der Waals surface area contributed by atoms with Crippen molar-refractivity contribution in [2.45, 2.75) is 0 Å². The fourth-order valence-corrected chi connectivity index (χ4v) is 1.76. The molecular formula is C10H16ClO4P. The largest absolute Gasteiger partial charge is 0.493 e. The minimum atomic E-state index is 0. The number of hydrogen-bond donors (Lipinski definition) is 0. The summed E-state index contributed by atoms with van der Waals surface area (Å²) in [5.41, 5.74) is 0. The molecule has 0 aliphatic carbocycles. The molecule has 0 aliphatic heterocycles. The van der Waals surface area contributed by atoms with Crippen LogP contribution < -0.4 is 24.3 Å². The van der Waals surface area contributed by atoms with E-state index < -0.39 is 0 Å². The van der Waals surface area contributed by atoms with E-state index in [0.29, 0.717) is 23.0 Å². The average molecular weight is 267 g/mol. The number of benzene rings is 1. The van der Waals surface area contributed by atoms with Crippen molar-refractivity contribution in [1.82, 2.24) is 0 Å². The molecular weight excluding hydrogens is 251 g/mol. The Kier molecular flexibility index (Phi) is 6.31. The molecule has 1 atom stereocenters. The summed E-state index contributed by atoms with van der Waals surface area (Å²) in [5.74, 6) is 2.30. The van der Waals surface area contributed by atoms with Gasteiger partial charge >= 0.3 is 0 Å². The van der Waals surface area contributed by atoms with E-state index in [0.717, 1.165) is 5.30 Å². The molecule has 1 unspecified atom stereocenters. The van der Waals surface area contributed by atoms with Crippen molar-refractivity contribution in [2.24, 2.45) is 0 Å². The molecule has 0 saturated carbocycles. The van der Waals surface area contributed by atoms with Gasteiger partial charge in [-0.25, -0.2) is 0 Å². The van der Waals surface area contributed by atoms with Crippen LogP contribution in [0.3, 0.4) is 0 Å². The highest BCUT2D eigenvalue weighted by atomic mass is 35.5. The van der Waals surface area contributed by atoms with E-state index in [4.69, 9.17) is 18.9 Å². The standard InChI is InChI=1S/C10H15O4P.ClH/c1-11-6-5-7(15)9(13-3)10(14-4)8(6)12-2;/h5H,15H2,1-4H3;1H. The highest BCUT2D eigenvalue weighted by Gasteiger charge is 2.19. The smallest absolute Gasteiger partial charge is 0.207 e. The number of methoxy groups -OCH3 is 4. The third kappa shape index (κ3) is 2.63. The van der Waals surface area contributed by atoms with Crippen molar-refractivity contribution in [3.8, 4) is 23.0 Å². The minimum absolute atomic E-state index is 0. The molecule has 92 valence electrons. The topological polar surface area (TPSA) is 36.9 Å². The minimum Gasteiger partial charge on any atom is -0.493 e. The second-order valence-electron chi connectivity index (χ2n) is 2.77. The number of halogens is 1. The zero-order valence-corrected chi connectivity index (χ0v) is 11.7. The van der Waals surface area contributed by atoms with E-state index in [1.54, 1.807) is 28.4 Å². The molecule has 0 aliphatic rings. The molecule has 0 saturated heterocycles. The van der Waals surface area contributed by atoms with E-state index in [-0.39, 0.29) is 12.4 Å². The molecule has 0 bridgehead atoms. The fourth-order valence-electron chi connectivity index (χ4n) is 1.36. The van der Waals surface area contributed by atoms with Crippen molar-refractivity contribution < 1.29 is 18.9 Å². The van der Waals surface area contributed by atoms with Gasteiger partial charge in [0.05, 0.1) is 28.4 Å². The molecule has 6 heteroatoms. The van der Waals surface area contributed by atoms with Crippen molar-refractivity contribution in [2.75, 3.05) is 28.4 Å². The normalized spacial score (nSPS) is 9.06. The molecule has 0 amide bonds. The first-order chi connectivity index (χ1) is 7.19. The first-order valence-electron chi connectivity index (χ1n) is 4.32. The van der Waals surface area contributed by atoms with Crippen molar-refractivity contribution in [3.63, 3.8) is 0 Å². The first kappa shape index (κ1) is 15.1. The number of rotatable bonds is 4. The van der Waals surface area contributed by atoms with Gasteiger partial charge < -0.3 is 18.9 Å². The van der Waals surface area contributed by atoms with Gasteiger partial charge in [-0.2, -0.15) is 0 Å². The average Bonchev–Trinajstić information content (AvgIpc) is 2.27. The Morgan fingerprint density at radius 3 is 1.69 bits per heavy atom. The second kappa shape index (κ2) is 6.66. The third-order valence-electron chi connectivity index (χ3n) is 2.02. The molecule has 0 fully saturated rings. The highest BCUT2D eigenvalue weighted by Crippen LogP contribution is 2.43. The van der Waals surface area contributed by atoms with Crippen LogP contribution in [-0.2, 0) is 0 Å². The first-order valence-corrected chi connectivity index (χ1v) is 4.89. The van der Waals surface area contributed by atoms with Crippen LogP contribution in [-0.4, -0.2) is 28.4 Å². The van der Waals surface area contributed by atoms with Gasteiger partial charge in [0.25, 0.3) is 0 Å². The zero-order chi connectivity index (χ0) is 11.4. The molecule has 0 spiro atoms. The van der Waals surface area contributed by atoms with E-state index in [9.17, 15) is 0 Å². The summed E-state index contributed by atoms with van der Waals surface area (Å²) in [6.45, 7) is 0. The molecule has 16 heavy (non-hydrogen) atoms. The Bertz CT molecular complexity index is 357. The van der Waals surface area contributed by atoms with Gasteiger partial charge in [-0.05, 0) is 6.07 Å². The van der Waals surface area contributed by atoms with Crippen LogP contribution in [0.1, 0.15) is 0 Å². The molecule has 1 rings (SSSR count). The lowest BCUT2D eigenvalue weighted by molar-refractivity contribution is 0.307. The monoisotopic (exact) mass is 266 g/mol. The lowest BCUT2D eigenvalue weighted by Crippen LogP contribution is -2.05. The van der Waals surface area contributed by atoms with Crippen LogP contribution in [0, 0.1) is 0 Å². The van der Waals surface area contributed by atoms with Gasteiger partial charge in [0.15, 0.2) is 11.5 Å². The summed E-state index contributed by atoms with van der Waals surface area (Å²) in [5, 5.41) is 0.854. The Morgan fingerprint density at radius 2 is 1.31 bits per heavy atom. The van der Waals surface area contributed by atoms with Crippen molar-refractivity contribution >= 4 is 27.0 Å². The van der Waals surface area contributed by atoms with Crippen LogP contribution in [0.15, 0.2) is 6.07 Å². The summed E-state index contributed by atoms with van der Waals surface area (Å²) in [4.78, 5) is 0. The molecule has 1 aromatic rings. The van der Waals surface area contributed by atoms with Crippen LogP contribution >= 0.6 is 21.6 Å². The van der Waals surface area contributed by atoms with Crippen molar-refractivity contribution in [1.29, 1.82) is 0 Å². The van der Waals surface area contributed by atoms with Gasteiger partial charge in [-0.3, -0.25) is 0 Å². The van der Waals surface area contributed by atoms with Gasteiger partial charge in [0.1, 0.15) is 0 Å². The molecule has 0 heterocycles.